The van der Waals surface area contributed by atoms with Gasteiger partial charge in [0.2, 0.25) is 0 Å². The van der Waals surface area contributed by atoms with Crippen molar-refractivity contribution in [2.45, 2.75) is 44.9 Å². The summed E-state index contributed by atoms with van der Waals surface area (Å²) in [5, 5.41) is 14.9. The van der Waals surface area contributed by atoms with Crippen LogP contribution in [0.5, 0.6) is 0 Å². The van der Waals surface area contributed by atoms with Gasteiger partial charge in [-0.1, -0.05) is 0 Å². The van der Waals surface area contributed by atoms with Gasteiger partial charge in [0.25, 0.3) is 0 Å². The predicted octanol–water partition coefficient (Wildman–Crippen LogP) is 1.70. The molecule has 7 nitrogen and oxygen atoms in total. The molecule has 1 aliphatic rings. The van der Waals surface area contributed by atoms with Crippen molar-refractivity contribution in [2.75, 3.05) is 13.1 Å². The standard InChI is InChI=1S/C14H21N3O4S/c1-13(2,3)21-12(20)16-14(11(18)19)4-6-17(9-14)8-10-15-5-7-22-10/h5,7H,4,6,8-9H2,1-3H3,(H,16,20)(H,18,19). The highest BCUT2D eigenvalue weighted by Crippen LogP contribution is 2.24. The summed E-state index contributed by atoms with van der Waals surface area (Å²) in [6.07, 6.45) is 1.36. The van der Waals surface area contributed by atoms with Crippen molar-refractivity contribution in [3.05, 3.63) is 16.6 Å². The quantitative estimate of drug-likeness (QED) is 0.874. The summed E-state index contributed by atoms with van der Waals surface area (Å²) in [4.78, 5) is 29.8. The number of likely N-dealkylation sites (tertiary alicyclic amines) is 1. The Hall–Kier alpha value is -1.67. The van der Waals surface area contributed by atoms with Gasteiger partial charge in [0.05, 0.1) is 6.54 Å². The molecule has 1 unspecified atom stereocenters. The van der Waals surface area contributed by atoms with Crippen LogP contribution in [-0.4, -0.2) is 51.3 Å². The lowest BCUT2D eigenvalue weighted by Gasteiger charge is -2.28. The second-order valence-electron chi connectivity index (χ2n) is 6.40. The van der Waals surface area contributed by atoms with E-state index in [0.717, 1.165) is 5.01 Å². The van der Waals surface area contributed by atoms with Crippen LogP contribution in [0.1, 0.15) is 32.2 Å². The van der Waals surface area contributed by atoms with Crippen LogP contribution in [0.4, 0.5) is 4.79 Å². The number of amides is 1. The van der Waals surface area contributed by atoms with Crippen LogP contribution in [0.2, 0.25) is 0 Å². The molecule has 122 valence electrons. The van der Waals surface area contributed by atoms with Crippen molar-refractivity contribution in [2.24, 2.45) is 0 Å². The molecule has 1 saturated heterocycles. The Kier molecular flexibility index (Phi) is 4.72. The zero-order chi connectivity index (χ0) is 16.4. The van der Waals surface area contributed by atoms with Crippen molar-refractivity contribution in [1.29, 1.82) is 0 Å². The van der Waals surface area contributed by atoms with Crippen molar-refractivity contribution >= 4 is 23.4 Å². The summed E-state index contributed by atoms with van der Waals surface area (Å²) in [7, 11) is 0. The molecule has 0 aliphatic carbocycles. The average Bonchev–Trinajstić information content (AvgIpc) is 2.98. The van der Waals surface area contributed by atoms with E-state index < -0.39 is 23.2 Å². The third-order valence-corrected chi connectivity index (χ3v) is 4.10. The van der Waals surface area contributed by atoms with E-state index in [0.29, 0.717) is 19.5 Å². The van der Waals surface area contributed by atoms with Gasteiger partial charge in [0, 0.05) is 24.7 Å². The maximum atomic E-state index is 11.9. The number of aliphatic carboxylic acids is 1. The third-order valence-electron chi connectivity index (χ3n) is 3.34. The first-order valence-corrected chi connectivity index (χ1v) is 7.93. The maximum Gasteiger partial charge on any atom is 0.408 e. The van der Waals surface area contributed by atoms with Gasteiger partial charge in [-0.3, -0.25) is 4.90 Å². The van der Waals surface area contributed by atoms with Crippen LogP contribution >= 0.6 is 11.3 Å². The van der Waals surface area contributed by atoms with Gasteiger partial charge in [-0.05, 0) is 27.2 Å². The van der Waals surface area contributed by atoms with E-state index in [9.17, 15) is 14.7 Å². The molecule has 1 aromatic rings. The number of ether oxygens (including phenoxy) is 1. The largest absolute Gasteiger partial charge is 0.479 e. The summed E-state index contributed by atoms with van der Waals surface area (Å²) >= 11 is 1.53. The van der Waals surface area contributed by atoms with Crippen molar-refractivity contribution in [1.82, 2.24) is 15.2 Å². The van der Waals surface area contributed by atoms with Crippen LogP contribution in [0.15, 0.2) is 11.6 Å². The molecule has 2 heterocycles. The van der Waals surface area contributed by atoms with Gasteiger partial charge in [-0.15, -0.1) is 11.3 Å². The van der Waals surface area contributed by atoms with Gasteiger partial charge >= 0.3 is 12.1 Å². The van der Waals surface area contributed by atoms with Gasteiger partial charge in [0.15, 0.2) is 5.54 Å². The van der Waals surface area contributed by atoms with Crippen LogP contribution in [-0.2, 0) is 16.1 Å². The zero-order valence-electron chi connectivity index (χ0n) is 13.0. The molecule has 1 aromatic heterocycles. The fourth-order valence-corrected chi connectivity index (χ4v) is 3.03. The van der Waals surface area contributed by atoms with Gasteiger partial charge in [-0.2, -0.15) is 0 Å². The first-order valence-electron chi connectivity index (χ1n) is 7.05. The summed E-state index contributed by atoms with van der Waals surface area (Å²) < 4.78 is 5.17. The summed E-state index contributed by atoms with van der Waals surface area (Å²) in [5.41, 5.74) is -1.97. The second kappa shape index (κ2) is 6.21. The number of nitrogens with zero attached hydrogens (tertiary/aromatic N) is 2. The number of hydrogen-bond acceptors (Lipinski definition) is 6. The average molecular weight is 327 g/mol. The van der Waals surface area contributed by atoms with Crippen LogP contribution in [0.25, 0.3) is 0 Å². The summed E-state index contributed by atoms with van der Waals surface area (Å²) in [6, 6.07) is 0. The summed E-state index contributed by atoms with van der Waals surface area (Å²) in [5.74, 6) is -1.04. The van der Waals surface area contributed by atoms with Crippen molar-refractivity contribution in [3.8, 4) is 0 Å². The number of alkyl carbamates (subject to hydrolysis) is 1. The molecule has 0 bridgehead atoms. The number of rotatable bonds is 4. The lowest BCUT2D eigenvalue weighted by atomic mass is 9.99. The molecular weight excluding hydrogens is 306 g/mol. The highest BCUT2D eigenvalue weighted by molar-refractivity contribution is 7.09. The monoisotopic (exact) mass is 327 g/mol. The Morgan fingerprint density at radius 3 is 2.82 bits per heavy atom. The van der Waals surface area contributed by atoms with Crippen LogP contribution in [0.3, 0.4) is 0 Å². The molecule has 2 rings (SSSR count). The maximum absolute atomic E-state index is 11.9. The highest BCUT2D eigenvalue weighted by Gasteiger charge is 2.47. The highest BCUT2D eigenvalue weighted by atomic mass is 32.1. The van der Waals surface area contributed by atoms with E-state index in [1.807, 2.05) is 10.3 Å². The van der Waals surface area contributed by atoms with Crippen LogP contribution in [0, 0.1) is 0 Å². The topological polar surface area (TPSA) is 91.8 Å². The molecule has 8 heteroatoms. The number of carboxylic acids is 1. The lowest BCUT2D eigenvalue weighted by molar-refractivity contribution is -0.144. The molecule has 0 radical (unpaired) electrons. The third kappa shape index (κ3) is 4.17. The molecule has 1 amide bonds. The van der Waals surface area contributed by atoms with E-state index in [4.69, 9.17) is 4.74 Å². The second-order valence-corrected chi connectivity index (χ2v) is 7.38. The van der Waals surface area contributed by atoms with Crippen molar-refractivity contribution < 1.29 is 19.4 Å². The number of thiazole rings is 1. The number of carbonyl (C=O) groups excluding carboxylic acids is 1. The van der Waals surface area contributed by atoms with E-state index in [1.54, 1.807) is 27.0 Å². The Labute approximate surface area is 133 Å². The molecule has 1 aliphatic heterocycles. The van der Waals surface area contributed by atoms with E-state index in [-0.39, 0.29) is 6.54 Å². The molecule has 2 N–H and O–H groups in total. The lowest BCUT2D eigenvalue weighted by Crippen LogP contribution is -2.57. The minimum absolute atomic E-state index is 0.237. The summed E-state index contributed by atoms with van der Waals surface area (Å²) in [6.45, 7) is 6.63. The minimum Gasteiger partial charge on any atom is -0.479 e. The SMILES string of the molecule is CC(C)(C)OC(=O)NC1(C(=O)O)CCN(Cc2nccs2)C1. The van der Waals surface area contributed by atoms with E-state index in [2.05, 4.69) is 10.3 Å². The molecule has 0 aromatic carbocycles. The zero-order valence-corrected chi connectivity index (χ0v) is 13.8. The van der Waals surface area contributed by atoms with Crippen molar-refractivity contribution in [3.63, 3.8) is 0 Å². The van der Waals surface area contributed by atoms with Gasteiger partial charge < -0.3 is 15.2 Å². The predicted molar refractivity (Wildman–Crippen MR) is 81.7 cm³/mol. The van der Waals surface area contributed by atoms with Gasteiger partial charge in [0.1, 0.15) is 10.6 Å². The van der Waals surface area contributed by atoms with E-state index in [1.165, 1.54) is 11.3 Å². The number of carbonyl (C=O) groups is 2. The normalized spacial score (nSPS) is 22.5. The van der Waals surface area contributed by atoms with Gasteiger partial charge in [-0.25, -0.2) is 14.6 Å². The molecule has 1 fully saturated rings. The first kappa shape index (κ1) is 16.7. The Morgan fingerprint density at radius 1 is 1.55 bits per heavy atom. The minimum atomic E-state index is -1.31. The van der Waals surface area contributed by atoms with Crippen LogP contribution < -0.4 is 5.32 Å². The molecular formula is C14H21N3O4S. The first-order chi connectivity index (χ1) is 10.2. The number of nitrogens with one attached hydrogen (secondary N) is 1. The molecule has 0 saturated carbocycles. The fraction of sp³-hybridized carbons (Fsp3) is 0.643. The van der Waals surface area contributed by atoms with E-state index >= 15 is 0 Å². The fourth-order valence-electron chi connectivity index (χ4n) is 2.38. The number of hydrogen-bond donors (Lipinski definition) is 2. The Bertz CT molecular complexity index is 541. The smallest absolute Gasteiger partial charge is 0.408 e. The number of aromatic nitrogens is 1. The Balaban J connectivity index is 2.01. The molecule has 1 atom stereocenters. The number of carboxylic acid groups (broad SMARTS) is 1. The molecule has 0 spiro atoms. The Morgan fingerprint density at radius 2 is 2.27 bits per heavy atom. The molecule has 22 heavy (non-hydrogen) atoms.